The molecular formula is C13H21NO. The Balaban J connectivity index is 2.15. The molecule has 15 heavy (non-hydrogen) atoms. The van der Waals surface area contributed by atoms with Crippen LogP contribution < -0.4 is 5.73 Å². The molecule has 1 aliphatic carbocycles. The molecule has 1 aliphatic rings. The molecule has 0 bridgehead atoms. The standard InChI is InChI=1S/C13H21NO/c1-10-6-7-11(15-10)12(14)13(2)8-4-3-5-9-13/h6-7,12H,3-5,8-9,14H2,1-2H3. The van der Waals surface area contributed by atoms with Gasteiger partial charge >= 0.3 is 0 Å². The van der Waals surface area contributed by atoms with Gasteiger partial charge in [-0.3, -0.25) is 0 Å². The zero-order valence-corrected chi connectivity index (χ0v) is 9.75. The second kappa shape index (κ2) is 4.01. The van der Waals surface area contributed by atoms with Crippen LogP contribution in [0.15, 0.2) is 16.5 Å². The molecule has 1 atom stereocenters. The van der Waals surface area contributed by atoms with Crippen LogP contribution in [0.3, 0.4) is 0 Å². The van der Waals surface area contributed by atoms with Gasteiger partial charge in [-0.05, 0) is 37.3 Å². The van der Waals surface area contributed by atoms with Crippen LogP contribution in [0.4, 0.5) is 0 Å². The molecule has 1 aromatic heterocycles. The Morgan fingerprint density at radius 3 is 2.47 bits per heavy atom. The third-order valence-corrected chi connectivity index (χ3v) is 3.81. The van der Waals surface area contributed by atoms with E-state index in [4.69, 9.17) is 10.2 Å². The minimum atomic E-state index is 0.0616. The summed E-state index contributed by atoms with van der Waals surface area (Å²) in [5.74, 6) is 1.91. The number of aryl methyl sites for hydroxylation is 1. The van der Waals surface area contributed by atoms with Crippen LogP contribution >= 0.6 is 0 Å². The van der Waals surface area contributed by atoms with Crippen molar-refractivity contribution in [2.75, 3.05) is 0 Å². The van der Waals surface area contributed by atoms with Gasteiger partial charge in [-0.15, -0.1) is 0 Å². The van der Waals surface area contributed by atoms with Crippen molar-refractivity contribution in [3.8, 4) is 0 Å². The Morgan fingerprint density at radius 2 is 1.93 bits per heavy atom. The molecule has 1 aromatic rings. The molecule has 0 amide bonds. The highest BCUT2D eigenvalue weighted by molar-refractivity contribution is 5.12. The maximum atomic E-state index is 6.32. The van der Waals surface area contributed by atoms with E-state index < -0.39 is 0 Å². The number of hydrogen-bond acceptors (Lipinski definition) is 2. The van der Waals surface area contributed by atoms with Gasteiger partial charge in [0.25, 0.3) is 0 Å². The molecule has 0 aromatic carbocycles. The van der Waals surface area contributed by atoms with Crippen molar-refractivity contribution in [1.29, 1.82) is 0 Å². The molecule has 1 heterocycles. The second-order valence-corrected chi connectivity index (χ2v) is 5.14. The lowest BCUT2D eigenvalue weighted by Gasteiger charge is -2.37. The summed E-state index contributed by atoms with van der Waals surface area (Å²) >= 11 is 0. The molecule has 1 fully saturated rings. The smallest absolute Gasteiger partial charge is 0.121 e. The highest BCUT2D eigenvalue weighted by Crippen LogP contribution is 2.44. The number of furan rings is 1. The maximum Gasteiger partial charge on any atom is 0.121 e. The fourth-order valence-corrected chi connectivity index (χ4v) is 2.63. The molecule has 2 heteroatoms. The van der Waals surface area contributed by atoms with Gasteiger partial charge in [0.1, 0.15) is 11.5 Å². The quantitative estimate of drug-likeness (QED) is 0.805. The summed E-state index contributed by atoms with van der Waals surface area (Å²) in [6.07, 6.45) is 6.44. The number of nitrogens with two attached hydrogens (primary N) is 1. The van der Waals surface area contributed by atoms with Crippen molar-refractivity contribution in [2.24, 2.45) is 11.1 Å². The second-order valence-electron chi connectivity index (χ2n) is 5.14. The molecule has 0 radical (unpaired) electrons. The summed E-state index contributed by atoms with van der Waals surface area (Å²) in [5, 5.41) is 0. The molecule has 84 valence electrons. The van der Waals surface area contributed by atoms with Crippen LogP contribution in [0, 0.1) is 12.3 Å². The fraction of sp³-hybridized carbons (Fsp3) is 0.692. The average molecular weight is 207 g/mol. The highest BCUT2D eigenvalue weighted by atomic mass is 16.3. The van der Waals surface area contributed by atoms with Crippen molar-refractivity contribution in [3.63, 3.8) is 0 Å². The van der Waals surface area contributed by atoms with Gasteiger partial charge in [-0.25, -0.2) is 0 Å². The van der Waals surface area contributed by atoms with Gasteiger partial charge < -0.3 is 10.2 Å². The van der Waals surface area contributed by atoms with Crippen LogP contribution in [0.1, 0.15) is 56.6 Å². The molecule has 0 saturated heterocycles. The molecule has 1 saturated carbocycles. The van der Waals surface area contributed by atoms with Crippen LogP contribution in [0.25, 0.3) is 0 Å². The van der Waals surface area contributed by atoms with Crippen molar-refractivity contribution < 1.29 is 4.42 Å². The normalized spacial score (nSPS) is 22.6. The van der Waals surface area contributed by atoms with E-state index >= 15 is 0 Å². The SMILES string of the molecule is Cc1ccc(C(N)C2(C)CCCCC2)o1. The lowest BCUT2D eigenvalue weighted by molar-refractivity contribution is 0.154. The molecule has 2 rings (SSSR count). The Kier molecular flexibility index (Phi) is 2.87. The topological polar surface area (TPSA) is 39.2 Å². The van der Waals surface area contributed by atoms with Crippen molar-refractivity contribution in [2.45, 2.75) is 52.0 Å². The van der Waals surface area contributed by atoms with Gasteiger partial charge in [0.05, 0.1) is 6.04 Å². The minimum Gasteiger partial charge on any atom is -0.465 e. The zero-order valence-electron chi connectivity index (χ0n) is 9.75. The summed E-state index contributed by atoms with van der Waals surface area (Å²) in [4.78, 5) is 0. The van der Waals surface area contributed by atoms with E-state index in [1.165, 1.54) is 32.1 Å². The Morgan fingerprint density at radius 1 is 1.27 bits per heavy atom. The summed E-state index contributed by atoms with van der Waals surface area (Å²) in [5.41, 5.74) is 6.56. The summed E-state index contributed by atoms with van der Waals surface area (Å²) in [6, 6.07) is 4.09. The summed E-state index contributed by atoms with van der Waals surface area (Å²) in [6.45, 7) is 4.27. The predicted molar refractivity (Wildman–Crippen MR) is 61.6 cm³/mol. The Bertz CT molecular complexity index is 323. The summed E-state index contributed by atoms with van der Waals surface area (Å²) < 4.78 is 5.64. The lowest BCUT2D eigenvalue weighted by atomic mass is 9.70. The third kappa shape index (κ3) is 2.10. The van der Waals surface area contributed by atoms with Gasteiger partial charge in [0.15, 0.2) is 0 Å². The van der Waals surface area contributed by atoms with Gasteiger partial charge in [-0.2, -0.15) is 0 Å². The largest absolute Gasteiger partial charge is 0.465 e. The minimum absolute atomic E-state index is 0.0616. The first kappa shape index (κ1) is 10.7. The Labute approximate surface area is 91.8 Å². The monoisotopic (exact) mass is 207 g/mol. The molecule has 1 unspecified atom stereocenters. The van der Waals surface area contributed by atoms with Gasteiger partial charge in [0.2, 0.25) is 0 Å². The van der Waals surface area contributed by atoms with Crippen LogP contribution in [-0.2, 0) is 0 Å². The zero-order chi connectivity index (χ0) is 10.9. The molecule has 2 nitrogen and oxygen atoms in total. The first-order chi connectivity index (χ1) is 7.12. The van der Waals surface area contributed by atoms with E-state index in [9.17, 15) is 0 Å². The first-order valence-electron chi connectivity index (χ1n) is 5.94. The Hall–Kier alpha value is -0.760. The summed E-state index contributed by atoms with van der Waals surface area (Å²) in [7, 11) is 0. The van der Waals surface area contributed by atoms with E-state index in [-0.39, 0.29) is 11.5 Å². The lowest BCUT2D eigenvalue weighted by Crippen LogP contribution is -2.33. The van der Waals surface area contributed by atoms with E-state index in [2.05, 4.69) is 6.92 Å². The number of rotatable bonds is 2. The van der Waals surface area contributed by atoms with E-state index in [1.54, 1.807) is 0 Å². The fourth-order valence-electron chi connectivity index (χ4n) is 2.63. The first-order valence-corrected chi connectivity index (χ1v) is 5.94. The van der Waals surface area contributed by atoms with Crippen molar-refractivity contribution in [1.82, 2.24) is 0 Å². The molecular weight excluding hydrogens is 186 g/mol. The van der Waals surface area contributed by atoms with E-state index in [1.807, 2.05) is 19.1 Å². The van der Waals surface area contributed by atoms with Gasteiger partial charge in [-0.1, -0.05) is 26.2 Å². The molecule has 0 spiro atoms. The highest BCUT2D eigenvalue weighted by Gasteiger charge is 2.35. The van der Waals surface area contributed by atoms with Crippen molar-refractivity contribution in [3.05, 3.63) is 23.7 Å². The van der Waals surface area contributed by atoms with Crippen molar-refractivity contribution >= 4 is 0 Å². The van der Waals surface area contributed by atoms with E-state index in [0.29, 0.717) is 0 Å². The van der Waals surface area contributed by atoms with Crippen LogP contribution in [0.5, 0.6) is 0 Å². The predicted octanol–water partition coefficient (Wildman–Crippen LogP) is 3.56. The van der Waals surface area contributed by atoms with Gasteiger partial charge in [0, 0.05) is 0 Å². The number of hydrogen-bond donors (Lipinski definition) is 1. The van der Waals surface area contributed by atoms with E-state index in [0.717, 1.165) is 11.5 Å². The average Bonchev–Trinajstić information content (AvgIpc) is 2.65. The van der Waals surface area contributed by atoms with Crippen LogP contribution in [-0.4, -0.2) is 0 Å². The third-order valence-electron chi connectivity index (χ3n) is 3.81. The molecule has 0 aliphatic heterocycles. The van der Waals surface area contributed by atoms with Crippen LogP contribution in [0.2, 0.25) is 0 Å². The maximum absolute atomic E-state index is 6.32. The molecule has 2 N–H and O–H groups in total.